The van der Waals surface area contributed by atoms with Crippen LogP contribution in [0.4, 0.5) is 11.4 Å². The fourth-order valence-electron chi connectivity index (χ4n) is 4.01. The number of anilines is 1. The van der Waals surface area contributed by atoms with Crippen molar-refractivity contribution in [2.45, 2.75) is 6.61 Å². The van der Waals surface area contributed by atoms with Crippen molar-refractivity contribution >= 4 is 85.4 Å². The Morgan fingerprint density at radius 3 is 2.26 bits per heavy atom. The number of carboxylic acid groups (broad SMARTS) is 1. The number of aliphatic imine (C=N–C) groups is 1. The summed E-state index contributed by atoms with van der Waals surface area (Å²) < 4.78 is 12.2. The molecule has 0 aliphatic carbocycles. The minimum absolute atomic E-state index is 0.199. The Bertz CT molecular complexity index is 1710. The second kappa shape index (κ2) is 13.0. The van der Waals surface area contributed by atoms with E-state index in [2.05, 4.69) is 15.9 Å². The standard InChI is InChI=1S/C31H21BrCl2N2O5S/c1-40-26-15-19(14-25(32)28(26)41-17-18-2-4-20(5-3-18)30(38)39)16-27-29(37)36(24-12-8-22(34)9-13-24)31(42-27)35-23-10-6-21(33)7-11-23/h2-16H,17H2,1H3,(H,38,39)/b27-16-,35-31?. The van der Waals surface area contributed by atoms with E-state index in [-0.39, 0.29) is 18.1 Å². The average Bonchev–Trinajstić information content (AvgIpc) is 3.27. The highest BCUT2D eigenvalue weighted by molar-refractivity contribution is 9.10. The maximum Gasteiger partial charge on any atom is 0.335 e. The number of thioether (sulfide) groups is 1. The number of amides is 1. The summed E-state index contributed by atoms with van der Waals surface area (Å²) in [7, 11) is 1.53. The number of methoxy groups -OCH3 is 1. The molecular weight excluding hydrogens is 663 g/mol. The van der Waals surface area contributed by atoms with E-state index < -0.39 is 5.97 Å². The van der Waals surface area contributed by atoms with Gasteiger partial charge in [0.2, 0.25) is 0 Å². The molecule has 4 aromatic rings. The minimum Gasteiger partial charge on any atom is -0.493 e. The Morgan fingerprint density at radius 1 is 1.00 bits per heavy atom. The van der Waals surface area contributed by atoms with Crippen LogP contribution in [0.3, 0.4) is 0 Å². The van der Waals surface area contributed by atoms with Crippen molar-refractivity contribution < 1.29 is 24.2 Å². The molecule has 1 aliphatic heterocycles. The molecule has 0 bridgehead atoms. The summed E-state index contributed by atoms with van der Waals surface area (Å²) in [5.74, 6) is -0.302. The van der Waals surface area contributed by atoms with Gasteiger partial charge in [-0.1, -0.05) is 35.3 Å². The van der Waals surface area contributed by atoms with E-state index in [0.29, 0.717) is 53.0 Å². The molecule has 0 spiro atoms. The van der Waals surface area contributed by atoms with Crippen LogP contribution in [0.1, 0.15) is 21.5 Å². The molecule has 7 nitrogen and oxygen atoms in total. The number of benzene rings is 4. The Balaban J connectivity index is 1.44. The monoisotopic (exact) mass is 682 g/mol. The van der Waals surface area contributed by atoms with Crippen LogP contribution in [0.2, 0.25) is 10.0 Å². The van der Waals surface area contributed by atoms with Crippen molar-refractivity contribution in [3.8, 4) is 11.5 Å². The van der Waals surface area contributed by atoms with Crippen LogP contribution in [0.25, 0.3) is 6.08 Å². The van der Waals surface area contributed by atoms with Gasteiger partial charge >= 0.3 is 5.97 Å². The lowest BCUT2D eigenvalue weighted by Gasteiger charge is -2.16. The molecule has 1 aliphatic rings. The molecule has 0 saturated carbocycles. The molecule has 1 amide bonds. The van der Waals surface area contributed by atoms with E-state index in [1.165, 1.54) is 31.0 Å². The highest BCUT2D eigenvalue weighted by Gasteiger charge is 2.35. The van der Waals surface area contributed by atoms with Gasteiger partial charge in [-0.3, -0.25) is 9.69 Å². The van der Waals surface area contributed by atoms with Crippen LogP contribution in [0.15, 0.2) is 99.3 Å². The van der Waals surface area contributed by atoms with Gasteiger partial charge in [0.1, 0.15) is 6.61 Å². The molecule has 0 aromatic heterocycles. The van der Waals surface area contributed by atoms with E-state index in [0.717, 1.165) is 5.56 Å². The molecule has 5 rings (SSSR count). The normalized spacial score (nSPS) is 15.0. The van der Waals surface area contributed by atoms with E-state index >= 15 is 0 Å². The second-order valence-corrected chi connectivity index (χ2v) is 11.7. The first-order valence-corrected chi connectivity index (χ1v) is 14.7. The molecule has 4 aromatic carbocycles. The maximum absolute atomic E-state index is 13.7. The fourth-order valence-corrected chi connectivity index (χ4v) is 5.83. The molecule has 1 heterocycles. The number of nitrogens with zero attached hydrogens (tertiary/aromatic N) is 2. The van der Waals surface area contributed by atoms with Gasteiger partial charge < -0.3 is 14.6 Å². The Labute approximate surface area is 264 Å². The zero-order valence-electron chi connectivity index (χ0n) is 21.9. The SMILES string of the molecule is COc1cc(/C=C2\SC(=Nc3ccc(Cl)cc3)N(c3ccc(Cl)cc3)C2=O)cc(Br)c1OCc1ccc(C(=O)O)cc1. The van der Waals surface area contributed by atoms with Gasteiger partial charge in [-0.2, -0.15) is 0 Å². The number of amidine groups is 1. The minimum atomic E-state index is -0.991. The maximum atomic E-state index is 13.7. The molecule has 11 heteroatoms. The van der Waals surface area contributed by atoms with Crippen LogP contribution < -0.4 is 14.4 Å². The van der Waals surface area contributed by atoms with Gasteiger partial charge in [-0.05, 0) is 118 Å². The number of aromatic carboxylic acids is 1. The zero-order chi connectivity index (χ0) is 29.8. The molecule has 212 valence electrons. The largest absolute Gasteiger partial charge is 0.493 e. The Hall–Kier alpha value is -3.76. The summed E-state index contributed by atoms with van der Waals surface area (Å²) in [5.41, 5.74) is 2.98. The first-order chi connectivity index (χ1) is 20.2. The van der Waals surface area contributed by atoms with Crippen LogP contribution in [0, 0.1) is 0 Å². The van der Waals surface area contributed by atoms with Crippen molar-refractivity contribution in [2.75, 3.05) is 12.0 Å². The van der Waals surface area contributed by atoms with Crippen LogP contribution >= 0.6 is 50.9 Å². The summed E-state index contributed by atoms with van der Waals surface area (Å²) >= 11 is 16.9. The van der Waals surface area contributed by atoms with Crippen molar-refractivity contribution in [3.63, 3.8) is 0 Å². The van der Waals surface area contributed by atoms with Crippen molar-refractivity contribution in [1.29, 1.82) is 0 Å². The summed E-state index contributed by atoms with van der Waals surface area (Å²) in [6.45, 7) is 0.199. The lowest BCUT2D eigenvalue weighted by Crippen LogP contribution is -2.28. The topological polar surface area (TPSA) is 88.4 Å². The third kappa shape index (κ3) is 6.82. The number of hydrogen-bond donors (Lipinski definition) is 1. The summed E-state index contributed by atoms with van der Waals surface area (Å²) in [4.78, 5) is 31.5. The number of hydrogen-bond acceptors (Lipinski definition) is 6. The van der Waals surface area contributed by atoms with E-state index in [1.54, 1.807) is 77.7 Å². The molecule has 1 saturated heterocycles. The highest BCUT2D eigenvalue weighted by atomic mass is 79.9. The number of halogens is 3. The third-order valence-electron chi connectivity index (χ3n) is 6.08. The van der Waals surface area contributed by atoms with Crippen LogP contribution in [-0.2, 0) is 11.4 Å². The van der Waals surface area contributed by atoms with Crippen molar-refractivity contribution in [2.24, 2.45) is 4.99 Å². The lowest BCUT2D eigenvalue weighted by atomic mass is 10.1. The predicted octanol–water partition coefficient (Wildman–Crippen LogP) is 8.85. The zero-order valence-corrected chi connectivity index (χ0v) is 25.8. The molecule has 42 heavy (non-hydrogen) atoms. The Kier molecular flexibility index (Phi) is 9.23. The first-order valence-electron chi connectivity index (χ1n) is 12.4. The van der Waals surface area contributed by atoms with Gasteiger partial charge in [-0.25, -0.2) is 9.79 Å². The molecule has 0 unspecified atom stereocenters. The molecule has 0 radical (unpaired) electrons. The van der Waals surface area contributed by atoms with E-state index in [4.69, 9.17) is 42.8 Å². The average molecular weight is 684 g/mol. The van der Waals surface area contributed by atoms with Gasteiger partial charge in [0.25, 0.3) is 5.91 Å². The van der Waals surface area contributed by atoms with Crippen LogP contribution in [0.5, 0.6) is 11.5 Å². The molecular formula is C31H21BrCl2N2O5S. The first kappa shape index (κ1) is 29.7. The van der Waals surface area contributed by atoms with Gasteiger partial charge in [0, 0.05) is 10.0 Å². The number of carbonyl (C=O) groups excluding carboxylic acids is 1. The lowest BCUT2D eigenvalue weighted by molar-refractivity contribution is -0.113. The highest BCUT2D eigenvalue weighted by Crippen LogP contribution is 2.41. The van der Waals surface area contributed by atoms with Gasteiger partial charge in [-0.15, -0.1) is 0 Å². The van der Waals surface area contributed by atoms with Gasteiger partial charge in [0.15, 0.2) is 16.7 Å². The van der Waals surface area contributed by atoms with Crippen molar-refractivity contribution in [3.05, 3.63) is 121 Å². The van der Waals surface area contributed by atoms with Crippen LogP contribution in [-0.4, -0.2) is 29.3 Å². The molecule has 0 atom stereocenters. The summed E-state index contributed by atoms with van der Waals surface area (Å²) in [6.07, 6.45) is 1.77. The Morgan fingerprint density at radius 2 is 1.64 bits per heavy atom. The summed E-state index contributed by atoms with van der Waals surface area (Å²) in [5, 5.41) is 10.7. The third-order valence-corrected chi connectivity index (χ3v) is 8.14. The predicted molar refractivity (Wildman–Crippen MR) is 171 cm³/mol. The van der Waals surface area contributed by atoms with E-state index in [9.17, 15) is 9.59 Å². The number of carboxylic acids is 1. The van der Waals surface area contributed by atoms with E-state index in [1.807, 2.05) is 6.07 Å². The molecule has 1 N–H and O–H groups in total. The fraction of sp³-hybridized carbons (Fsp3) is 0.0645. The van der Waals surface area contributed by atoms with Gasteiger partial charge in [0.05, 0.1) is 33.4 Å². The smallest absolute Gasteiger partial charge is 0.335 e. The quantitative estimate of drug-likeness (QED) is 0.187. The number of carbonyl (C=O) groups is 2. The molecule has 1 fully saturated rings. The second-order valence-electron chi connectivity index (χ2n) is 8.92. The summed E-state index contributed by atoms with van der Waals surface area (Å²) in [6, 6.07) is 24.1. The number of ether oxygens (including phenoxy) is 2. The van der Waals surface area contributed by atoms with Crippen molar-refractivity contribution in [1.82, 2.24) is 0 Å². The number of rotatable bonds is 8.